The molecule has 12 atom stereocenters. The Hall–Kier alpha value is -11.9. The van der Waals surface area contributed by atoms with Gasteiger partial charge < -0.3 is 118 Å². The molecule has 1 aromatic carbocycles. The number of rotatable bonds is 51. The van der Waals surface area contributed by atoms with Crippen LogP contribution >= 0.6 is 11.8 Å². The SMILES string of the molecule is CSCCC(NC(=O)C(CC(C)C)NC(=O)C(Cc1c[nH]cn1)NC(=O)CNC(=O)C(NC(=O)C(C)NC(=O)C(Cc1c[nH]c2ccccc12)NC(=O)C(CCC(N)=O)NC(=O)C(CC(N)=O)NC(=O)CNC(=O)C(CC(C)C)NC(=O)C(CCCNC(=N)N)NC(=O)C(CCC(N)=O)NC(=O)C1CCC(=O)N1)C(C)C)C(=O)O. The quantitative estimate of drug-likeness (QED) is 0.0142. The summed E-state index contributed by atoms with van der Waals surface area (Å²) in [6.07, 6.45) is 3.12. The van der Waals surface area contributed by atoms with Crippen LogP contribution in [0.1, 0.15) is 137 Å². The number of nitrogens with zero attached hydrogens (tertiary/aromatic N) is 1. The van der Waals surface area contributed by atoms with Gasteiger partial charge in [0, 0.05) is 61.9 Å². The first-order valence-electron chi connectivity index (χ1n) is 37.1. The summed E-state index contributed by atoms with van der Waals surface area (Å²) < 4.78 is 0. The van der Waals surface area contributed by atoms with Crippen molar-refractivity contribution in [2.75, 3.05) is 31.6 Å². The van der Waals surface area contributed by atoms with Crippen LogP contribution in [0.4, 0.5) is 0 Å². The monoisotopic (exact) mass is 1620 g/mol. The predicted octanol–water partition coefficient (Wildman–Crippen LogP) is -6.20. The van der Waals surface area contributed by atoms with E-state index in [2.05, 4.69) is 94.7 Å². The Morgan fingerprint density at radius 3 is 1.57 bits per heavy atom. The van der Waals surface area contributed by atoms with Crippen LogP contribution in [0.15, 0.2) is 43.0 Å². The molecule has 1 saturated heterocycles. The van der Waals surface area contributed by atoms with Crippen molar-refractivity contribution in [3.63, 3.8) is 0 Å². The topological polar surface area (TPSA) is 680 Å². The van der Waals surface area contributed by atoms with Gasteiger partial charge in [0.25, 0.3) is 0 Å². The maximum atomic E-state index is 14.6. The number of carbonyl (C=O) groups excluding carboxylic acids is 17. The number of hydrogen-bond acceptors (Lipinski definition) is 21. The first-order valence-corrected chi connectivity index (χ1v) is 38.5. The van der Waals surface area contributed by atoms with Gasteiger partial charge in [-0.2, -0.15) is 11.8 Å². The molecule has 12 unspecified atom stereocenters. The van der Waals surface area contributed by atoms with Gasteiger partial charge in [0.1, 0.15) is 72.5 Å². The zero-order valence-corrected chi connectivity index (χ0v) is 65.7. The number of aromatic nitrogens is 3. The van der Waals surface area contributed by atoms with Crippen LogP contribution in [0, 0.1) is 23.2 Å². The molecule has 3 aromatic rings. The summed E-state index contributed by atoms with van der Waals surface area (Å²) in [6, 6.07) is -10.5. The highest BCUT2D eigenvalue weighted by atomic mass is 32.2. The molecule has 0 aliphatic carbocycles. The van der Waals surface area contributed by atoms with Gasteiger partial charge in [-0.15, -0.1) is 0 Å². The second kappa shape index (κ2) is 47.4. The Labute approximate surface area is 661 Å². The molecule has 17 amide bonds. The second-order valence-corrected chi connectivity index (χ2v) is 29.6. The molecule has 4 rings (SSSR count). The molecule has 1 aliphatic rings. The number of hydrogen-bond donors (Lipinski definition) is 23. The molecule has 27 N–H and O–H groups in total. The standard InChI is InChI=1S/C71H109N23O19S/c1-34(2)24-47(91-61(103)42(14-11-22-78-71(75)76)87-63(105)44(15-18-52(72)95)88-62(104)43-17-20-55(98)84-43)60(102)80-31-56(99)86-51(28-54(74)97)68(110)89-45(16-19-53(73)96)64(106)93-49(26-38-29-79-41-13-10-9-12-40(38)41)65(107)83-37(7)59(101)94-58(36(5)6)69(111)81-32-57(100)85-50(27-39-30-77-33-82-39)67(109)92-48(25-35(3)4)66(108)90-46(70(112)113)21-23-114-8/h9-10,12-13,29-30,33-37,42-51,58,79H,11,14-28,31-32H2,1-8H3,(H2,72,95)(H2,73,96)(H2,74,97)(H,77,82)(H,80,102)(H,81,111)(H,83,107)(H,84,98)(H,85,100)(H,86,99)(H,87,105)(H,88,104)(H,89,110)(H,90,108)(H,91,103)(H,92,109)(H,93,106)(H,94,101)(H,112,113)(H4,75,76,78). The van der Waals surface area contributed by atoms with Gasteiger partial charge in [0.05, 0.1) is 31.5 Å². The number of primary amides is 3. The van der Waals surface area contributed by atoms with Crippen molar-refractivity contribution in [1.29, 1.82) is 5.41 Å². The highest BCUT2D eigenvalue weighted by molar-refractivity contribution is 7.98. The molecule has 114 heavy (non-hydrogen) atoms. The first-order chi connectivity index (χ1) is 53.7. The van der Waals surface area contributed by atoms with E-state index in [-0.39, 0.29) is 89.0 Å². The summed E-state index contributed by atoms with van der Waals surface area (Å²) in [5.41, 5.74) is 23.2. The number of aliphatic carboxylic acids is 1. The number of aromatic amines is 2. The third-order valence-electron chi connectivity index (χ3n) is 17.7. The lowest BCUT2D eigenvalue weighted by Gasteiger charge is -2.27. The normalized spacial score (nSPS) is 15.3. The zero-order chi connectivity index (χ0) is 85.1. The average molecular weight is 1620 g/mol. The molecule has 628 valence electrons. The molecular weight excluding hydrogens is 1510 g/mol. The van der Waals surface area contributed by atoms with E-state index in [4.69, 9.17) is 28.3 Å². The zero-order valence-electron chi connectivity index (χ0n) is 64.9. The van der Waals surface area contributed by atoms with E-state index in [0.29, 0.717) is 27.9 Å². The van der Waals surface area contributed by atoms with Crippen molar-refractivity contribution in [3.8, 4) is 0 Å². The van der Waals surface area contributed by atoms with E-state index >= 15 is 0 Å². The highest BCUT2D eigenvalue weighted by Gasteiger charge is 2.38. The number of fused-ring (bicyclic) bond motifs is 1. The van der Waals surface area contributed by atoms with Crippen LogP contribution in [0.25, 0.3) is 10.9 Å². The minimum atomic E-state index is -1.90. The Balaban J connectivity index is 1.51. The Morgan fingerprint density at radius 2 is 1.04 bits per heavy atom. The van der Waals surface area contributed by atoms with E-state index in [9.17, 15) is 91.4 Å². The molecule has 2 aromatic heterocycles. The summed E-state index contributed by atoms with van der Waals surface area (Å²) >= 11 is 1.38. The van der Waals surface area contributed by atoms with Gasteiger partial charge in [0.15, 0.2) is 5.96 Å². The number of guanidine groups is 1. The van der Waals surface area contributed by atoms with Gasteiger partial charge in [-0.25, -0.2) is 9.78 Å². The number of carboxylic acids is 1. The molecule has 43 heteroatoms. The molecule has 0 radical (unpaired) electrons. The van der Waals surface area contributed by atoms with Crippen LogP contribution in [-0.2, 0) is 99.1 Å². The Bertz CT molecular complexity index is 3910. The summed E-state index contributed by atoms with van der Waals surface area (Å²) in [4.78, 5) is 252. The first kappa shape index (κ1) is 94.4. The van der Waals surface area contributed by atoms with E-state index in [1.165, 1.54) is 31.2 Å². The van der Waals surface area contributed by atoms with Crippen LogP contribution < -0.4 is 103 Å². The Kier molecular flexibility index (Phi) is 39.3. The maximum Gasteiger partial charge on any atom is 0.326 e. The number of carbonyl (C=O) groups is 18. The molecule has 1 fully saturated rings. The summed E-state index contributed by atoms with van der Waals surface area (Å²) in [6.45, 7) is 9.73. The fraction of sp³-hybridized carbons (Fsp3) is 0.577. The number of para-hydroxylation sites is 1. The number of amides is 17. The third-order valence-corrected chi connectivity index (χ3v) is 18.4. The fourth-order valence-electron chi connectivity index (χ4n) is 11.7. The molecule has 0 spiro atoms. The van der Waals surface area contributed by atoms with Crippen LogP contribution in [0.3, 0.4) is 0 Å². The van der Waals surface area contributed by atoms with Gasteiger partial charge in [-0.3, -0.25) is 86.9 Å². The van der Waals surface area contributed by atoms with Crippen LogP contribution in [-0.4, -0.2) is 237 Å². The lowest BCUT2D eigenvalue weighted by Crippen LogP contribution is -2.60. The number of thioether (sulfide) groups is 1. The number of nitrogens with one attached hydrogen (secondary N) is 18. The molecule has 0 saturated carbocycles. The minimum absolute atomic E-state index is 0.0368. The summed E-state index contributed by atoms with van der Waals surface area (Å²) in [5.74, 6) is -18.1. The predicted molar refractivity (Wildman–Crippen MR) is 413 cm³/mol. The molecule has 0 bridgehead atoms. The van der Waals surface area contributed by atoms with Gasteiger partial charge in [-0.05, 0) is 99.7 Å². The Morgan fingerprint density at radius 1 is 0.544 bits per heavy atom. The summed E-state index contributed by atoms with van der Waals surface area (Å²) in [7, 11) is 0. The second-order valence-electron chi connectivity index (χ2n) is 28.6. The summed E-state index contributed by atoms with van der Waals surface area (Å²) in [5, 5.41) is 55.2. The minimum Gasteiger partial charge on any atom is -0.480 e. The van der Waals surface area contributed by atoms with Crippen molar-refractivity contribution in [1.82, 2.24) is 94.7 Å². The number of carboxylic acid groups (broad SMARTS) is 1. The van der Waals surface area contributed by atoms with Gasteiger partial charge >= 0.3 is 5.97 Å². The van der Waals surface area contributed by atoms with Crippen molar-refractivity contribution in [2.45, 2.75) is 211 Å². The van der Waals surface area contributed by atoms with E-state index in [1.54, 1.807) is 78.3 Å². The number of H-pyrrole nitrogens is 2. The fourth-order valence-corrected chi connectivity index (χ4v) is 12.2. The van der Waals surface area contributed by atoms with E-state index in [1.807, 2.05) is 0 Å². The molecule has 42 nitrogen and oxygen atoms in total. The van der Waals surface area contributed by atoms with E-state index < -0.39 is 223 Å². The maximum absolute atomic E-state index is 14.6. The number of nitrogens with two attached hydrogens (primary N) is 4. The van der Waals surface area contributed by atoms with Crippen LogP contribution in [0.2, 0.25) is 0 Å². The van der Waals surface area contributed by atoms with Gasteiger partial charge in [0.2, 0.25) is 100 Å². The van der Waals surface area contributed by atoms with Crippen molar-refractivity contribution >= 4 is 135 Å². The smallest absolute Gasteiger partial charge is 0.326 e. The van der Waals surface area contributed by atoms with Gasteiger partial charge in [-0.1, -0.05) is 59.7 Å². The van der Waals surface area contributed by atoms with Crippen molar-refractivity contribution < 1.29 is 91.4 Å². The third kappa shape index (κ3) is 33.5. The van der Waals surface area contributed by atoms with Crippen molar-refractivity contribution in [3.05, 3.63) is 54.2 Å². The highest BCUT2D eigenvalue weighted by Crippen LogP contribution is 2.21. The lowest BCUT2D eigenvalue weighted by molar-refractivity contribution is -0.142. The van der Waals surface area contributed by atoms with Crippen LogP contribution in [0.5, 0.6) is 0 Å². The number of imidazole rings is 1. The van der Waals surface area contributed by atoms with E-state index in [0.717, 1.165) is 0 Å². The molecular formula is C71H109N23O19S. The molecule has 1 aliphatic heterocycles. The largest absolute Gasteiger partial charge is 0.480 e. The van der Waals surface area contributed by atoms with Crippen molar-refractivity contribution in [2.24, 2.45) is 40.7 Å². The lowest BCUT2D eigenvalue weighted by atomic mass is 10.0. The number of benzene rings is 1. The molecule has 3 heterocycles. The average Bonchev–Trinajstić information content (AvgIpc) is 1.64.